The van der Waals surface area contributed by atoms with Crippen LogP contribution in [0.5, 0.6) is 5.75 Å². The second kappa shape index (κ2) is 5.23. The number of benzene rings is 1. The Kier molecular flexibility index (Phi) is 4.23. The Balaban J connectivity index is 2.91. The summed E-state index contributed by atoms with van der Waals surface area (Å²) in [7, 11) is 0. The second-order valence-corrected chi connectivity index (χ2v) is 3.68. The van der Waals surface area contributed by atoms with E-state index < -0.39 is 6.10 Å². The summed E-state index contributed by atoms with van der Waals surface area (Å²) >= 11 is 5.59. The van der Waals surface area contributed by atoms with Crippen LogP contribution in [0.4, 0.5) is 0 Å². The summed E-state index contributed by atoms with van der Waals surface area (Å²) in [5.74, 6) is 0.883. The number of rotatable bonds is 4. The topological polar surface area (TPSA) is 29.5 Å². The predicted molar refractivity (Wildman–Crippen MR) is 57.9 cm³/mol. The average molecular weight is 215 g/mol. The van der Waals surface area contributed by atoms with Gasteiger partial charge in [0, 0.05) is 5.56 Å². The van der Waals surface area contributed by atoms with Crippen molar-refractivity contribution in [2.24, 2.45) is 0 Å². The fraction of sp³-hybridized carbons (Fsp3) is 0.455. The highest BCUT2D eigenvalue weighted by molar-refractivity contribution is 6.18. The fourth-order valence-corrected chi connectivity index (χ4v) is 1.37. The van der Waals surface area contributed by atoms with Crippen LogP contribution in [0, 0.1) is 0 Å². The van der Waals surface area contributed by atoms with Gasteiger partial charge in [0.05, 0.1) is 18.1 Å². The average Bonchev–Trinajstić information content (AvgIpc) is 2.16. The van der Waals surface area contributed by atoms with E-state index in [1.165, 1.54) is 0 Å². The maximum atomic E-state index is 9.61. The molecular formula is C11H15ClO2. The molecule has 1 unspecified atom stereocenters. The largest absolute Gasteiger partial charge is 0.491 e. The molecule has 1 aromatic carbocycles. The molecule has 1 aromatic rings. The first-order valence-corrected chi connectivity index (χ1v) is 5.18. The lowest BCUT2D eigenvalue weighted by Crippen LogP contribution is -2.09. The minimum Gasteiger partial charge on any atom is -0.491 e. The van der Waals surface area contributed by atoms with Crippen LogP contribution in [0.15, 0.2) is 24.3 Å². The second-order valence-electron chi connectivity index (χ2n) is 3.37. The Labute approximate surface area is 89.5 Å². The minimum atomic E-state index is -0.661. The third kappa shape index (κ3) is 2.89. The lowest BCUT2D eigenvalue weighted by Gasteiger charge is -2.16. The number of aliphatic hydroxyl groups excluding tert-OH is 1. The van der Waals surface area contributed by atoms with Gasteiger partial charge in [-0.2, -0.15) is 0 Å². The molecule has 0 saturated carbocycles. The van der Waals surface area contributed by atoms with Crippen LogP contribution < -0.4 is 4.74 Å². The number of halogens is 1. The van der Waals surface area contributed by atoms with E-state index in [-0.39, 0.29) is 12.0 Å². The first-order chi connectivity index (χ1) is 6.65. The molecule has 0 spiro atoms. The summed E-state index contributed by atoms with van der Waals surface area (Å²) in [4.78, 5) is 0. The van der Waals surface area contributed by atoms with E-state index in [1.807, 2.05) is 38.1 Å². The molecule has 0 radical (unpaired) electrons. The Morgan fingerprint density at radius 1 is 1.36 bits per heavy atom. The van der Waals surface area contributed by atoms with Gasteiger partial charge in [0.25, 0.3) is 0 Å². The lowest BCUT2D eigenvalue weighted by atomic mass is 10.1. The normalized spacial score (nSPS) is 12.9. The molecule has 1 atom stereocenters. The van der Waals surface area contributed by atoms with Crippen LogP contribution in [0.3, 0.4) is 0 Å². The summed E-state index contributed by atoms with van der Waals surface area (Å²) in [5.41, 5.74) is 0.746. The predicted octanol–water partition coefficient (Wildman–Crippen LogP) is 2.75. The third-order valence-corrected chi connectivity index (χ3v) is 2.08. The van der Waals surface area contributed by atoms with E-state index in [9.17, 15) is 5.11 Å². The highest BCUT2D eigenvalue weighted by atomic mass is 35.5. The van der Waals surface area contributed by atoms with Gasteiger partial charge in [-0.15, -0.1) is 11.6 Å². The Hall–Kier alpha value is -0.730. The standard InChI is InChI=1S/C11H15ClO2/c1-8(2)14-11-6-4-3-5-9(11)10(13)7-12/h3-6,8,10,13H,7H2,1-2H3. The zero-order valence-electron chi connectivity index (χ0n) is 8.40. The number of alkyl halides is 1. The van der Waals surface area contributed by atoms with E-state index in [1.54, 1.807) is 0 Å². The molecular weight excluding hydrogens is 200 g/mol. The Morgan fingerprint density at radius 3 is 2.57 bits per heavy atom. The van der Waals surface area contributed by atoms with E-state index in [4.69, 9.17) is 16.3 Å². The summed E-state index contributed by atoms with van der Waals surface area (Å²) in [6.45, 7) is 3.90. The van der Waals surface area contributed by atoms with E-state index >= 15 is 0 Å². The number of aliphatic hydroxyl groups is 1. The number of para-hydroxylation sites is 1. The van der Waals surface area contributed by atoms with E-state index in [0.717, 1.165) is 5.56 Å². The third-order valence-electron chi connectivity index (χ3n) is 1.79. The highest BCUT2D eigenvalue weighted by Gasteiger charge is 2.12. The molecule has 1 N–H and O–H groups in total. The first-order valence-electron chi connectivity index (χ1n) is 4.64. The van der Waals surface area contributed by atoms with Gasteiger partial charge in [-0.3, -0.25) is 0 Å². The molecule has 1 rings (SSSR count). The molecule has 0 aromatic heterocycles. The quantitative estimate of drug-likeness (QED) is 0.781. The number of hydrogen-bond acceptors (Lipinski definition) is 2. The molecule has 3 heteroatoms. The van der Waals surface area contributed by atoms with Gasteiger partial charge in [-0.25, -0.2) is 0 Å². The smallest absolute Gasteiger partial charge is 0.125 e. The summed E-state index contributed by atoms with van der Waals surface area (Å²) in [5, 5.41) is 9.61. The zero-order chi connectivity index (χ0) is 10.6. The monoisotopic (exact) mass is 214 g/mol. The number of hydrogen-bond donors (Lipinski definition) is 1. The molecule has 0 fully saturated rings. The van der Waals surface area contributed by atoms with Crippen molar-refractivity contribution in [2.45, 2.75) is 26.1 Å². The highest BCUT2D eigenvalue weighted by Crippen LogP contribution is 2.26. The van der Waals surface area contributed by atoms with Crippen molar-refractivity contribution < 1.29 is 9.84 Å². The van der Waals surface area contributed by atoms with Gasteiger partial charge in [-0.05, 0) is 19.9 Å². The van der Waals surface area contributed by atoms with Crippen LogP contribution in [0.1, 0.15) is 25.5 Å². The molecule has 0 saturated heterocycles. The van der Waals surface area contributed by atoms with Gasteiger partial charge >= 0.3 is 0 Å². The maximum absolute atomic E-state index is 9.61. The van der Waals surface area contributed by atoms with Crippen molar-refractivity contribution >= 4 is 11.6 Å². The molecule has 0 heterocycles. The number of ether oxygens (including phenoxy) is 1. The lowest BCUT2D eigenvalue weighted by molar-refractivity contribution is 0.185. The molecule has 0 aliphatic carbocycles. The van der Waals surface area contributed by atoms with Crippen LogP contribution in [0.25, 0.3) is 0 Å². The molecule has 0 aliphatic rings. The van der Waals surface area contributed by atoms with Crippen molar-refractivity contribution in [2.75, 3.05) is 5.88 Å². The Bertz CT molecular complexity index is 286. The summed E-state index contributed by atoms with van der Waals surface area (Å²) in [6, 6.07) is 7.40. The minimum absolute atomic E-state index is 0.0960. The van der Waals surface area contributed by atoms with Crippen LogP contribution >= 0.6 is 11.6 Å². The van der Waals surface area contributed by atoms with E-state index in [2.05, 4.69) is 0 Å². The molecule has 0 amide bonds. The van der Waals surface area contributed by atoms with Crippen LogP contribution in [-0.2, 0) is 0 Å². The fourth-order valence-electron chi connectivity index (χ4n) is 1.20. The molecule has 0 bridgehead atoms. The molecule has 0 aliphatic heterocycles. The van der Waals surface area contributed by atoms with Crippen LogP contribution in [-0.4, -0.2) is 17.1 Å². The van der Waals surface area contributed by atoms with E-state index in [0.29, 0.717) is 5.75 Å². The van der Waals surface area contributed by atoms with Crippen molar-refractivity contribution in [1.82, 2.24) is 0 Å². The Morgan fingerprint density at radius 2 is 2.00 bits per heavy atom. The van der Waals surface area contributed by atoms with Gasteiger partial charge in [0.2, 0.25) is 0 Å². The van der Waals surface area contributed by atoms with Gasteiger partial charge in [-0.1, -0.05) is 18.2 Å². The molecule has 14 heavy (non-hydrogen) atoms. The summed E-state index contributed by atoms with van der Waals surface area (Å²) in [6.07, 6.45) is -0.565. The SMILES string of the molecule is CC(C)Oc1ccccc1C(O)CCl. The molecule has 2 nitrogen and oxygen atoms in total. The first kappa shape index (κ1) is 11.3. The molecule has 78 valence electrons. The maximum Gasteiger partial charge on any atom is 0.125 e. The van der Waals surface area contributed by atoms with Crippen molar-refractivity contribution in [3.8, 4) is 5.75 Å². The van der Waals surface area contributed by atoms with Crippen molar-refractivity contribution in [3.63, 3.8) is 0 Å². The van der Waals surface area contributed by atoms with Crippen molar-refractivity contribution in [1.29, 1.82) is 0 Å². The zero-order valence-corrected chi connectivity index (χ0v) is 9.16. The van der Waals surface area contributed by atoms with Crippen molar-refractivity contribution in [3.05, 3.63) is 29.8 Å². The van der Waals surface area contributed by atoms with Crippen LogP contribution in [0.2, 0.25) is 0 Å². The van der Waals surface area contributed by atoms with Gasteiger partial charge in [0.1, 0.15) is 5.75 Å². The summed E-state index contributed by atoms with van der Waals surface area (Å²) < 4.78 is 5.55. The van der Waals surface area contributed by atoms with Gasteiger partial charge in [0.15, 0.2) is 0 Å². The van der Waals surface area contributed by atoms with Gasteiger partial charge < -0.3 is 9.84 Å².